The van der Waals surface area contributed by atoms with E-state index in [0.29, 0.717) is 5.56 Å². The molecule has 7 N–H and O–H groups in total. The number of aromatic hydroxyl groups is 1. The molecule has 0 amide bonds. The third-order valence-corrected chi connectivity index (χ3v) is 7.04. The van der Waals surface area contributed by atoms with Gasteiger partial charge in [-0.1, -0.05) is 6.07 Å². The number of aliphatic hydroxyl groups excluding tert-OH is 6. The van der Waals surface area contributed by atoms with Crippen LogP contribution in [0.2, 0.25) is 0 Å². The molecule has 2 fully saturated rings. The Kier molecular flexibility index (Phi) is 8.47. The molecule has 2 saturated heterocycles. The van der Waals surface area contributed by atoms with Gasteiger partial charge in [0.2, 0.25) is 6.29 Å². The van der Waals surface area contributed by atoms with Gasteiger partial charge in [0.15, 0.2) is 23.2 Å². The minimum Gasteiger partial charge on any atom is -0.504 e. The molecule has 0 aliphatic carbocycles. The molecule has 0 spiro atoms. The summed E-state index contributed by atoms with van der Waals surface area (Å²) in [5.41, 5.74) is 0.376. The van der Waals surface area contributed by atoms with Gasteiger partial charge in [0.1, 0.15) is 60.3 Å². The molecular weight excluding hydrogens is 548 g/mol. The Labute approximate surface area is 232 Å². The highest BCUT2D eigenvalue weighted by Gasteiger charge is 2.46. The van der Waals surface area contributed by atoms with Crippen LogP contribution >= 0.6 is 0 Å². The predicted molar refractivity (Wildman–Crippen MR) is 137 cm³/mol. The third-order valence-electron chi connectivity index (χ3n) is 7.04. The SMILES string of the molecule is COc1ccc(-c2coc3cc(OC4OC(COC5OCC(O)C(O)C5O)C(O)C(O)C4O)ccc3c2=O)cc1O. The average Bonchev–Trinajstić information content (AvgIpc) is 2.96. The minimum absolute atomic E-state index is 0.103. The van der Waals surface area contributed by atoms with Crippen molar-refractivity contribution in [2.45, 2.75) is 55.3 Å². The Hall–Kier alpha value is -3.31. The molecule has 0 bridgehead atoms. The van der Waals surface area contributed by atoms with Crippen LogP contribution in [0.4, 0.5) is 0 Å². The normalized spacial score (nSPS) is 32.1. The van der Waals surface area contributed by atoms with Crippen molar-refractivity contribution in [1.29, 1.82) is 0 Å². The summed E-state index contributed by atoms with van der Waals surface area (Å²) in [7, 11) is 1.41. The van der Waals surface area contributed by atoms with Crippen molar-refractivity contribution in [2.24, 2.45) is 0 Å². The van der Waals surface area contributed by atoms with Crippen LogP contribution < -0.4 is 14.9 Å². The van der Waals surface area contributed by atoms with Crippen LogP contribution in [0.3, 0.4) is 0 Å². The quantitative estimate of drug-likeness (QED) is 0.176. The lowest BCUT2D eigenvalue weighted by molar-refractivity contribution is -0.307. The van der Waals surface area contributed by atoms with Gasteiger partial charge < -0.3 is 63.8 Å². The van der Waals surface area contributed by atoms with Crippen molar-refractivity contribution >= 4 is 11.0 Å². The Morgan fingerprint density at radius 3 is 2.39 bits per heavy atom. The lowest BCUT2D eigenvalue weighted by Gasteiger charge is -2.41. The fourth-order valence-electron chi connectivity index (χ4n) is 4.64. The molecule has 222 valence electrons. The van der Waals surface area contributed by atoms with Gasteiger partial charge in [-0.25, -0.2) is 0 Å². The lowest BCUT2D eigenvalue weighted by atomic mass is 9.99. The highest BCUT2D eigenvalue weighted by atomic mass is 16.7. The second-order valence-electron chi connectivity index (χ2n) is 9.74. The van der Waals surface area contributed by atoms with Gasteiger partial charge in [0.05, 0.1) is 31.3 Å². The third kappa shape index (κ3) is 5.74. The van der Waals surface area contributed by atoms with Crippen molar-refractivity contribution in [3.05, 3.63) is 52.9 Å². The van der Waals surface area contributed by atoms with Gasteiger partial charge in [-0.15, -0.1) is 0 Å². The van der Waals surface area contributed by atoms with E-state index >= 15 is 0 Å². The minimum atomic E-state index is -1.70. The van der Waals surface area contributed by atoms with E-state index in [1.165, 1.54) is 43.7 Å². The van der Waals surface area contributed by atoms with Gasteiger partial charge in [-0.2, -0.15) is 0 Å². The van der Waals surface area contributed by atoms with Crippen molar-refractivity contribution in [2.75, 3.05) is 20.3 Å². The molecule has 14 heteroatoms. The van der Waals surface area contributed by atoms with Crippen LogP contribution in [0.25, 0.3) is 22.1 Å². The van der Waals surface area contributed by atoms with Gasteiger partial charge in [0, 0.05) is 6.07 Å². The average molecular weight is 579 g/mol. The van der Waals surface area contributed by atoms with E-state index in [0.717, 1.165) is 0 Å². The lowest BCUT2D eigenvalue weighted by Crippen LogP contribution is -2.61. The molecule has 0 radical (unpaired) electrons. The second-order valence-corrected chi connectivity index (χ2v) is 9.74. The highest BCUT2D eigenvalue weighted by molar-refractivity contribution is 5.83. The van der Waals surface area contributed by atoms with Crippen LogP contribution in [0, 0.1) is 0 Å². The molecule has 3 aromatic rings. The van der Waals surface area contributed by atoms with Gasteiger partial charge in [0.25, 0.3) is 0 Å². The van der Waals surface area contributed by atoms with Crippen LogP contribution in [0.1, 0.15) is 0 Å². The fourth-order valence-corrected chi connectivity index (χ4v) is 4.64. The van der Waals surface area contributed by atoms with Crippen LogP contribution in [-0.4, -0.2) is 111 Å². The Morgan fingerprint density at radius 2 is 1.66 bits per heavy atom. The standard InChI is InChI=1S/C27H30O14/c1-36-17-5-2-11(6-15(17)28)14-8-37-18-7-12(3-4-13(18)20(14)30)40-27-25(35)23(33)22(32)19(41-27)10-39-26-24(34)21(31)16(29)9-38-26/h2-8,16,19,21-29,31-35H,9-10H2,1H3. The number of fused-ring (bicyclic) bond motifs is 1. The Balaban J connectivity index is 1.30. The summed E-state index contributed by atoms with van der Waals surface area (Å²) in [5, 5.41) is 70.9. The maximum Gasteiger partial charge on any atom is 0.229 e. The van der Waals surface area contributed by atoms with E-state index in [1.807, 2.05) is 0 Å². The monoisotopic (exact) mass is 578 g/mol. The smallest absolute Gasteiger partial charge is 0.229 e. The summed E-state index contributed by atoms with van der Waals surface area (Å²) < 4.78 is 32.5. The number of hydrogen-bond acceptors (Lipinski definition) is 14. The molecule has 9 atom stereocenters. The molecule has 9 unspecified atom stereocenters. The molecule has 0 saturated carbocycles. The maximum atomic E-state index is 13.1. The summed E-state index contributed by atoms with van der Waals surface area (Å²) in [5.74, 6) is 0.206. The number of benzene rings is 2. The van der Waals surface area contributed by atoms with Crippen LogP contribution in [0.15, 0.2) is 51.9 Å². The summed E-state index contributed by atoms with van der Waals surface area (Å²) in [6, 6.07) is 8.73. The largest absolute Gasteiger partial charge is 0.504 e. The van der Waals surface area contributed by atoms with E-state index in [9.17, 15) is 40.5 Å². The zero-order chi connectivity index (χ0) is 29.4. The van der Waals surface area contributed by atoms with E-state index < -0.39 is 61.9 Å². The first-order valence-electron chi connectivity index (χ1n) is 12.7. The number of aliphatic hydroxyl groups is 6. The number of phenolic OH excluding ortho intramolecular Hbond substituents is 1. The van der Waals surface area contributed by atoms with Gasteiger partial charge in [-0.05, 0) is 29.8 Å². The summed E-state index contributed by atoms with van der Waals surface area (Å²) in [4.78, 5) is 13.1. The van der Waals surface area contributed by atoms with E-state index in [4.69, 9.17) is 28.1 Å². The number of hydrogen-bond donors (Lipinski definition) is 7. The molecule has 2 aromatic carbocycles. The predicted octanol–water partition coefficient (Wildman–Crippen LogP) is -1.18. The van der Waals surface area contributed by atoms with Crippen molar-refractivity contribution in [3.63, 3.8) is 0 Å². The first kappa shape index (κ1) is 29.2. The maximum absolute atomic E-state index is 13.1. The van der Waals surface area contributed by atoms with E-state index in [1.54, 1.807) is 6.07 Å². The first-order chi connectivity index (χ1) is 19.6. The molecule has 1 aromatic heterocycles. The molecule has 41 heavy (non-hydrogen) atoms. The zero-order valence-electron chi connectivity index (χ0n) is 21.6. The van der Waals surface area contributed by atoms with Gasteiger partial charge >= 0.3 is 0 Å². The molecule has 2 aliphatic heterocycles. The summed E-state index contributed by atoms with van der Waals surface area (Å²) in [6.45, 7) is -0.738. The fraction of sp³-hybridized carbons (Fsp3) is 0.444. The van der Waals surface area contributed by atoms with Crippen LogP contribution in [0.5, 0.6) is 17.2 Å². The van der Waals surface area contributed by atoms with Crippen molar-refractivity contribution in [1.82, 2.24) is 0 Å². The molecular formula is C27H30O14. The molecule has 14 nitrogen and oxygen atoms in total. The Morgan fingerprint density at radius 1 is 0.902 bits per heavy atom. The second kappa shape index (κ2) is 11.9. The van der Waals surface area contributed by atoms with Crippen molar-refractivity contribution < 1.29 is 63.8 Å². The Bertz CT molecular complexity index is 1420. The summed E-state index contributed by atoms with van der Waals surface area (Å²) in [6.07, 6.45) is -12.2. The van der Waals surface area contributed by atoms with Crippen LogP contribution in [-0.2, 0) is 14.2 Å². The topological polar surface area (TPSA) is 218 Å². The number of ether oxygens (including phenoxy) is 5. The number of methoxy groups -OCH3 is 1. The molecule has 5 rings (SSSR count). The van der Waals surface area contributed by atoms with Crippen molar-refractivity contribution in [3.8, 4) is 28.4 Å². The first-order valence-corrected chi connectivity index (χ1v) is 12.7. The number of phenols is 1. The summed E-state index contributed by atoms with van der Waals surface area (Å²) >= 11 is 0. The number of rotatable bonds is 7. The molecule has 2 aliphatic rings. The zero-order valence-corrected chi connectivity index (χ0v) is 21.6. The van der Waals surface area contributed by atoms with Gasteiger partial charge in [-0.3, -0.25) is 4.79 Å². The van der Waals surface area contributed by atoms with E-state index in [2.05, 4.69) is 0 Å². The highest BCUT2D eigenvalue weighted by Crippen LogP contribution is 2.32. The van der Waals surface area contributed by atoms with E-state index in [-0.39, 0.29) is 45.8 Å². The molecule has 3 heterocycles.